The van der Waals surface area contributed by atoms with E-state index >= 15 is 0 Å². The maximum atomic E-state index is 11.6. The lowest BCUT2D eigenvalue weighted by Gasteiger charge is -2.39. The third kappa shape index (κ3) is 2.34. The summed E-state index contributed by atoms with van der Waals surface area (Å²) in [6.07, 6.45) is 0.649. The minimum Gasteiger partial charge on any atom is -0.455 e. The van der Waals surface area contributed by atoms with Gasteiger partial charge in [-0.15, -0.1) is 0 Å². The average Bonchev–Trinajstić information content (AvgIpc) is 1.99. The van der Waals surface area contributed by atoms with Gasteiger partial charge < -0.3 is 4.74 Å². The van der Waals surface area contributed by atoms with Gasteiger partial charge in [0.15, 0.2) is 11.9 Å². The molecule has 1 aliphatic rings. The molecule has 1 aliphatic carbocycles. The van der Waals surface area contributed by atoms with Gasteiger partial charge in [-0.25, -0.2) is 0 Å². The van der Waals surface area contributed by atoms with E-state index in [9.17, 15) is 9.59 Å². The second-order valence-corrected chi connectivity index (χ2v) is 4.86. The van der Waals surface area contributed by atoms with Crippen LogP contribution in [0.1, 0.15) is 40.5 Å². The highest BCUT2D eigenvalue weighted by Gasteiger charge is 2.40. The highest BCUT2D eigenvalue weighted by Crippen LogP contribution is 2.39. The summed E-state index contributed by atoms with van der Waals surface area (Å²) in [4.78, 5) is 22.3. The Labute approximate surface area is 84.8 Å². The summed E-state index contributed by atoms with van der Waals surface area (Å²) >= 11 is 0. The second-order valence-electron chi connectivity index (χ2n) is 4.86. The van der Waals surface area contributed by atoms with Crippen molar-refractivity contribution >= 4 is 11.8 Å². The Morgan fingerprint density at radius 1 is 1.50 bits per heavy atom. The SMILES string of the molecule is CC(=O)O[C@H]1CC(C)(C)[C@H](C)CC1=O. The van der Waals surface area contributed by atoms with Crippen LogP contribution in [0.4, 0.5) is 0 Å². The molecule has 0 aromatic heterocycles. The van der Waals surface area contributed by atoms with Crippen LogP contribution in [-0.4, -0.2) is 17.9 Å². The predicted octanol–water partition coefficient (Wildman–Crippen LogP) is 1.94. The first kappa shape index (κ1) is 11.2. The molecule has 1 saturated carbocycles. The highest BCUT2D eigenvalue weighted by atomic mass is 16.5. The highest BCUT2D eigenvalue weighted by molar-refractivity contribution is 5.86. The molecule has 0 aromatic rings. The molecule has 1 fully saturated rings. The Hall–Kier alpha value is -0.860. The molecule has 0 radical (unpaired) electrons. The lowest BCUT2D eigenvalue weighted by molar-refractivity contribution is -0.159. The molecule has 0 aliphatic heterocycles. The summed E-state index contributed by atoms with van der Waals surface area (Å²) < 4.78 is 5.00. The van der Waals surface area contributed by atoms with Crippen LogP contribution >= 0.6 is 0 Å². The zero-order valence-corrected chi connectivity index (χ0v) is 9.29. The molecule has 3 nitrogen and oxygen atoms in total. The van der Waals surface area contributed by atoms with Gasteiger partial charge in [0, 0.05) is 13.3 Å². The van der Waals surface area contributed by atoms with E-state index in [1.807, 2.05) is 0 Å². The summed E-state index contributed by atoms with van der Waals surface area (Å²) in [6.45, 7) is 7.64. The van der Waals surface area contributed by atoms with Crippen LogP contribution in [-0.2, 0) is 14.3 Å². The van der Waals surface area contributed by atoms with Gasteiger partial charge >= 0.3 is 5.97 Å². The number of carbonyl (C=O) groups is 2. The summed E-state index contributed by atoms with van der Waals surface area (Å²) in [5, 5.41) is 0. The van der Waals surface area contributed by atoms with E-state index in [0.717, 1.165) is 0 Å². The summed E-state index contributed by atoms with van der Waals surface area (Å²) in [5.74, 6) is 0.0579. The van der Waals surface area contributed by atoms with Crippen LogP contribution in [0.25, 0.3) is 0 Å². The Bertz CT molecular complexity index is 255. The second kappa shape index (κ2) is 3.71. The zero-order valence-electron chi connectivity index (χ0n) is 9.29. The van der Waals surface area contributed by atoms with E-state index in [-0.39, 0.29) is 17.2 Å². The first-order valence-corrected chi connectivity index (χ1v) is 5.03. The van der Waals surface area contributed by atoms with Crippen molar-refractivity contribution in [1.82, 2.24) is 0 Å². The average molecular weight is 198 g/mol. The van der Waals surface area contributed by atoms with Crippen molar-refractivity contribution < 1.29 is 14.3 Å². The number of esters is 1. The quantitative estimate of drug-likeness (QED) is 0.605. The van der Waals surface area contributed by atoms with Gasteiger partial charge in [0.25, 0.3) is 0 Å². The Balaban J connectivity index is 2.70. The van der Waals surface area contributed by atoms with E-state index < -0.39 is 6.10 Å². The summed E-state index contributed by atoms with van der Waals surface area (Å²) in [5.41, 5.74) is 0.0774. The van der Waals surface area contributed by atoms with Crippen LogP contribution in [0.5, 0.6) is 0 Å². The van der Waals surface area contributed by atoms with Crippen LogP contribution in [0.2, 0.25) is 0 Å². The number of hydrogen-bond donors (Lipinski definition) is 0. The standard InChI is InChI=1S/C11H18O3/c1-7-5-9(13)10(14-8(2)12)6-11(7,3)4/h7,10H,5-6H2,1-4H3/t7-,10+/m1/s1. The van der Waals surface area contributed by atoms with Crippen molar-refractivity contribution in [2.24, 2.45) is 11.3 Å². The Kier molecular flexibility index (Phi) is 2.98. The molecular formula is C11H18O3. The van der Waals surface area contributed by atoms with E-state index in [2.05, 4.69) is 20.8 Å². The van der Waals surface area contributed by atoms with Crippen LogP contribution < -0.4 is 0 Å². The van der Waals surface area contributed by atoms with Gasteiger partial charge in [-0.2, -0.15) is 0 Å². The van der Waals surface area contributed by atoms with Crippen molar-refractivity contribution in [3.63, 3.8) is 0 Å². The molecule has 0 saturated heterocycles. The monoisotopic (exact) mass is 198 g/mol. The van der Waals surface area contributed by atoms with E-state index in [1.54, 1.807) is 0 Å². The number of ketones is 1. The molecule has 0 unspecified atom stereocenters. The molecule has 1 rings (SSSR count). The maximum absolute atomic E-state index is 11.6. The fourth-order valence-corrected chi connectivity index (χ4v) is 1.81. The van der Waals surface area contributed by atoms with Gasteiger partial charge in [-0.05, 0) is 17.8 Å². The molecule has 0 bridgehead atoms. The zero-order chi connectivity index (χ0) is 10.9. The molecule has 0 heterocycles. The number of hydrogen-bond acceptors (Lipinski definition) is 3. The first-order valence-electron chi connectivity index (χ1n) is 5.03. The van der Waals surface area contributed by atoms with Gasteiger partial charge in [0.1, 0.15) is 0 Å². The van der Waals surface area contributed by atoms with Crippen molar-refractivity contribution in [2.45, 2.75) is 46.6 Å². The third-order valence-corrected chi connectivity index (χ3v) is 3.22. The first-order chi connectivity index (χ1) is 6.33. The van der Waals surface area contributed by atoms with Gasteiger partial charge in [0.2, 0.25) is 0 Å². The van der Waals surface area contributed by atoms with E-state index in [1.165, 1.54) is 6.92 Å². The Morgan fingerprint density at radius 3 is 2.57 bits per heavy atom. The largest absolute Gasteiger partial charge is 0.455 e. The minimum atomic E-state index is -0.515. The molecule has 2 atom stereocenters. The molecule has 0 aromatic carbocycles. The predicted molar refractivity (Wildman–Crippen MR) is 52.7 cm³/mol. The fourth-order valence-electron chi connectivity index (χ4n) is 1.81. The van der Waals surface area contributed by atoms with Gasteiger partial charge in [-0.3, -0.25) is 9.59 Å². The molecular weight excluding hydrogens is 180 g/mol. The summed E-state index contributed by atoms with van der Waals surface area (Å²) in [7, 11) is 0. The summed E-state index contributed by atoms with van der Waals surface area (Å²) in [6, 6.07) is 0. The molecule has 14 heavy (non-hydrogen) atoms. The molecule has 0 amide bonds. The van der Waals surface area contributed by atoms with Crippen molar-refractivity contribution in [1.29, 1.82) is 0 Å². The maximum Gasteiger partial charge on any atom is 0.303 e. The number of Topliss-reactive ketones (excluding diaryl/α,β-unsaturated/α-hetero) is 1. The van der Waals surface area contributed by atoms with Crippen LogP contribution in [0, 0.1) is 11.3 Å². The smallest absolute Gasteiger partial charge is 0.303 e. The number of rotatable bonds is 1. The fraction of sp³-hybridized carbons (Fsp3) is 0.818. The van der Waals surface area contributed by atoms with Crippen LogP contribution in [0.15, 0.2) is 0 Å². The molecule has 0 N–H and O–H groups in total. The molecule has 3 heteroatoms. The topological polar surface area (TPSA) is 43.4 Å². The van der Waals surface area contributed by atoms with Crippen LogP contribution in [0.3, 0.4) is 0 Å². The Morgan fingerprint density at radius 2 is 2.07 bits per heavy atom. The third-order valence-electron chi connectivity index (χ3n) is 3.22. The minimum absolute atomic E-state index is 0.0621. The van der Waals surface area contributed by atoms with Crippen molar-refractivity contribution in [3.05, 3.63) is 0 Å². The molecule has 0 spiro atoms. The van der Waals surface area contributed by atoms with E-state index in [0.29, 0.717) is 18.8 Å². The van der Waals surface area contributed by atoms with Gasteiger partial charge in [-0.1, -0.05) is 20.8 Å². The number of carbonyl (C=O) groups excluding carboxylic acids is 2. The normalized spacial score (nSPS) is 31.3. The molecule has 80 valence electrons. The van der Waals surface area contributed by atoms with Crippen molar-refractivity contribution in [2.75, 3.05) is 0 Å². The van der Waals surface area contributed by atoms with Crippen molar-refractivity contribution in [3.8, 4) is 0 Å². The lowest BCUT2D eigenvalue weighted by Crippen LogP contribution is -2.41. The lowest BCUT2D eigenvalue weighted by atomic mass is 9.68. The van der Waals surface area contributed by atoms with E-state index in [4.69, 9.17) is 4.74 Å². The number of ether oxygens (including phenoxy) is 1. The van der Waals surface area contributed by atoms with Gasteiger partial charge in [0.05, 0.1) is 0 Å².